The van der Waals surface area contributed by atoms with E-state index >= 15 is 0 Å². The first kappa shape index (κ1) is 21.4. The summed E-state index contributed by atoms with van der Waals surface area (Å²) in [5.74, 6) is 0.0665. The van der Waals surface area contributed by atoms with Gasteiger partial charge in [-0.25, -0.2) is 0 Å². The van der Waals surface area contributed by atoms with E-state index in [4.69, 9.17) is 13.8 Å². The Kier molecular flexibility index (Phi) is 7.42. The van der Waals surface area contributed by atoms with Crippen molar-refractivity contribution >= 4 is 19.5 Å². The average molecular weight is 370 g/mol. The lowest BCUT2D eigenvalue weighted by molar-refractivity contribution is -0.116. The van der Waals surface area contributed by atoms with Crippen molar-refractivity contribution in [3.05, 3.63) is 29.3 Å². The topological polar surface area (TPSA) is 82.1 Å². The molecule has 7 heteroatoms. The lowest BCUT2D eigenvalue weighted by Gasteiger charge is -2.28. The van der Waals surface area contributed by atoms with Crippen LogP contribution in [0.4, 0.5) is 0 Å². The highest BCUT2D eigenvalue weighted by atomic mass is 31.2. The number of hydrogen-bond donors (Lipinski definition) is 1. The highest BCUT2D eigenvalue weighted by Gasteiger charge is 2.46. The molecule has 0 atom stereocenters. The van der Waals surface area contributed by atoms with E-state index in [2.05, 4.69) is 0 Å². The SMILES string of the molecule is CCCc1cc(C=CC(=O)C(C)(C)P(=O)(OC)OC)cc(OC)c1O. The first-order valence-electron chi connectivity index (χ1n) is 8.00. The molecule has 0 saturated carbocycles. The summed E-state index contributed by atoms with van der Waals surface area (Å²) >= 11 is 0. The molecule has 0 spiro atoms. The number of allylic oxidation sites excluding steroid dienone is 1. The zero-order valence-electron chi connectivity index (χ0n) is 15.7. The molecule has 0 radical (unpaired) electrons. The maximum absolute atomic E-state index is 12.6. The van der Waals surface area contributed by atoms with Crippen molar-refractivity contribution in [2.24, 2.45) is 0 Å². The number of ketones is 1. The average Bonchev–Trinajstić information content (AvgIpc) is 2.60. The predicted molar refractivity (Wildman–Crippen MR) is 98.4 cm³/mol. The Morgan fingerprint density at radius 2 is 1.84 bits per heavy atom. The van der Waals surface area contributed by atoms with E-state index in [1.165, 1.54) is 41.3 Å². The van der Waals surface area contributed by atoms with Gasteiger partial charge >= 0.3 is 7.60 Å². The number of methoxy groups -OCH3 is 1. The van der Waals surface area contributed by atoms with Crippen LogP contribution in [-0.4, -0.2) is 37.4 Å². The molecule has 1 rings (SSSR count). The Hall–Kier alpha value is -1.62. The van der Waals surface area contributed by atoms with Crippen LogP contribution < -0.4 is 4.74 Å². The van der Waals surface area contributed by atoms with Crippen molar-refractivity contribution in [3.8, 4) is 11.5 Å². The molecular formula is C18H27O6P. The molecule has 0 aliphatic rings. The van der Waals surface area contributed by atoms with E-state index in [9.17, 15) is 14.5 Å². The van der Waals surface area contributed by atoms with Crippen molar-refractivity contribution in [2.45, 2.75) is 38.8 Å². The van der Waals surface area contributed by atoms with Crippen LogP contribution in [0.25, 0.3) is 6.08 Å². The standard InChI is InChI=1S/C18H27O6P/c1-7-8-14-11-13(12-15(22-4)17(14)20)9-10-16(19)18(2,3)25(21,23-5)24-6/h9-12,20H,7-8H2,1-6H3. The van der Waals surface area contributed by atoms with Crippen LogP contribution in [0.1, 0.15) is 38.3 Å². The van der Waals surface area contributed by atoms with Crippen LogP contribution in [0.2, 0.25) is 0 Å². The number of aryl methyl sites for hydroxylation is 1. The quantitative estimate of drug-likeness (QED) is 0.518. The molecule has 0 bridgehead atoms. The van der Waals surface area contributed by atoms with Gasteiger partial charge in [0.15, 0.2) is 17.3 Å². The molecular weight excluding hydrogens is 343 g/mol. The van der Waals surface area contributed by atoms with Crippen molar-refractivity contribution < 1.29 is 28.3 Å². The summed E-state index contributed by atoms with van der Waals surface area (Å²) in [6, 6.07) is 3.43. The van der Waals surface area contributed by atoms with Gasteiger partial charge in [-0.1, -0.05) is 19.4 Å². The number of benzene rings is 1. The molecule has 0 aliphatic heterocycles. The summed E-state index contributed by atoms with van der Waals surface area (Å²) in [6.07, 6.45) is 4.49. The number of phenols is 1. The number of phenolic OH excluding ortho intramolecular Hbond substituents is 1. The Morgan fingerprint density at radius 3 is 2.32 bits per heavy atom. The van der Waals surface area contributed by atoms with Crippen LogP contribution in [-0.2, 0) is 24.8 Å². The molecule has 0 fully saturated rings. The molecule has 0 saturated heterocycles. The number of carbonyl (C=O) groups excluding carboxylic acids is 1. The third kappa shape index (κ3) is 4.51. The number of hydrogen-bond acceptors (Lipinski definition) is 6. The van der Waals surface area contributed by atoms with Crippen molar-refractivity contribution in [1.82, 2.24) is 0 Å². The molecule has 25 heavy (non-hydrogen) atoms. The van der Waals surface area contributed by atoms with E-state index < -0.39 is 12.8 Å². The van der Waals surface area contributed by atoms with Gasteiger partial charge in [0.1, 0.15) is 5.16 Å². The summed E-state index contributed by atoms with van der Waals surface area (Å²) in [6.45, 7) is 5.05. The zero-order valence-corrected chi connectivity index (χ0v) is 16.6. The largest absolute Gasteiger partial charge is 0.504 e. The van der Waals surface area contributed by atoms with Gasteiger partial charge < -0.3 is 18.9 Å². The highest BCUT2D eigenvalue weighted by molar-refractivity contribution is 7.56. The zero-order chi connectivity index (χ0) is 19.3. The normalized spacial score (nSPS) is 12.6. The van der Waals surface area contributed by atoms with Crippen molar-refractivity contribution in [2.75, 3.05) is 21.3 Å². The van der Waals surface area contributed by atoms with Crippen LogP contribution in [0, 0.1) is 0 Å². The minimum atomic E-state index is -3.57. The third-order valence-electron chi connectivity index (χ3n) is 4.11. The van der Waals surface area contributed by atoms with Gasteiger partial charge in [0.2, 0.25) is 0 Å². The van der Waals surface area contributed by atoms with Crippen LogP contribution >= 0.6 is 7.60 Å². The Morgan fingerprint density at radius 1 is 1.24 bits per heavy atom. The van der Waals surface area contributed by atoms with Crippen LogP contribution in [0.15, 0.2) is 18.2 Å². The maximum atomic E-state index is 12.6. The summed E-state index contributed by atoms with van der Waals surface area (Å²) in [5, 5.41) is 8.82. The lowest BCUT2D eigenvalue weighted by Crippen LogP contribution is -2.31. The Bertz CT molecular complexity index is 685. The first-order valence-corrected chi connectivity index (χ1v) is 9.55. The van der Waals surface area contributed by atoms with Gasteiger partial charge in [-0.3, -0.25) is 9.36 Å². The van der Waals surface area contributed by atoms with E-state index in [1.54, 1.807) is 18.2 Å². The molecule has 1 aromatic carbocycles. The number of aromatic hydroxyl groups is 1. The third-order valence-corrected chi connectivity index (χ3v) is 6.66. The smallest absolute Gasteiger partial charge is 0.343 e. The molecule has 0 aromatic heterocycles. The summed E-state index contributed by atoms with van der Waals surface area (Å²) in [5.41, 5.74) is 1.44. The minimum Gasteiger partial charge on any atom is -0.504 e. The molecule has 0 amide bonds. The van der Waals surface area contributed by atoms with Gasteiger partial charge in [-0.05, 0) is 49.6 Å². The summed E-state index contributed by atoms with van der Waals surface area (Å²) < 4.78 is 27.6. The van der Waals surface area contributed by atoms with E-state index in [0.29, 0.717) is 17.7 Å². The molecule has 6 nitrogen and oxygen atoms in total. The number of carbonyl (C=O) groups is 1. The van der Waals surface area contributed by atoms with Gasteiger partial charge in [0, 0.05) is 14.2 Å². The predicted octanol–water partition coefficient (Wildman–Crippen LogP) is 4.20. The highest BCUT2D eigenvalue weighted by Crippen LogP contribution is 2.59. The molecule has 0 unspecified atom stereocenters. The molecule has 140 valence electrons. The van der Waals surface area contributed by atoms with Crippen LogP contribution in [0.3, 0.4) is 0 Å². The maximum Gasteiger partial charge on any atom is 0.343 e. The first-order chi connectivity index (χ1) is 11.7. The van der Waals surface area contributed by atoms with Crippen LogP contribution in [0.5, 0.6) is 11.5 Å². The lowest BCUT2D eigenvalue weighted by atomic mass is 10.0. The van der Waals surface area contributed by atoms with E-state index in [0.717, 1.165) is 12.0 Å². The summed E-state index contributed by atoms with van der Waals surface area (Å²) in [4.78, 5) is 12.5. The molecule has 1 N–H and O–H groups in total. The van der Waals surface area contributed by atoms with Gasteiger partial charge in [0.25, 0.3) is 0 Å². The second-order valence-corrected chi connectivity index (χ2v) is 8.94. The molecule has 1 aromatic rings. The fourth-order valence-electron chi connectivity index (χ4n) is 2.44. The second-order valence-electron chi connectivity index (χ2n) is 6.10. The Labute approximate surface area is 149 Å². The monoisotopic (exact) mass is 370 g/mol. The number of rotatable bonds is 9. The van der Waals surface area contributed by atoms with Crippen molar-refractivity contribution in [3.63, 3.8) is 0 Å². The van der Waals surface area contributed by atoms with Gasteiger partial charge in [-0.15, -0.1) is 0 Å². The Balaban J connectivity index is 3.18. The molecule has 0 heterocycles. The van der Waals surface area contributed by atoms with E-state index in [-0.39, 0.29) is 11.5 Å². The minimum absolute atomic E-state index is 0.108. The van der Waals surface area contributed by atoms with E-state index in [1.807, 2.05) is 6.92 Å². The van der Waals surface area contributed by atoms with Crippen molar-refractivity contribution in [1.29, 1.82) is 0 Å². The summed E-state index contributed by atoms with van der Waals surface area (Å²) in [7, 11) is 0.412. The fraction of sp³-hybridized carbons (Fsp3) is 0.500. The fourth-order valence-corrected chi connectivity index (χ4v) is 3.85. The van der Waals surface area contributed by atoms with Gasteiger partial charge in [-0.2, -0.15) is 0 Å². The number of ether oxygens (including phenoxy) is 1. The second kappa shape index (κ2) is 8.65. The van der Waals surface area contributed by atoms with Gasteiger partial charge in [0.05, 0.1) is 7.11 Å². The molecule has 0 aliphatic carbocycles.